The van der Waals surface area contributed by atoms with Crippen molar-refractivity contribution in [2.45, 2.75) is 77.1 Å². The summed E-state index contributed by atoms with van der Waals surface area (Å²) >= 11 is 0. The molecule has 3 aliphatic carbocycles. The number of hydrogen-bond donors (Lipinski definition) is 3. The highest BCUT2D eigenvalue weighted by Gasteiger charge is 2.69. The van der Waals surface area contributed by atoms with Crippen molar-refractivity contribution in [3.8, 4) is 0 Å². The van der Waals surface area contributed by atoms with Crippen molar-refractivity contribution in [2.75, 3.05) is 0 Å². The molecule has 3 N–H and O–H groups in total. The van der Waals surface area contributed by atoms with Crippen molar-refractivity contribution in [1.82, 2.24) is 0 Å². The zero-order valence-electron chi connectivity index (χ0n) is 15.1. The van der Waals surface area contributed by atoms with Crippen LogP contribution < -0.4 is 0 Å². The lowest BCUT2D eigenvalue weighted by Gasteiger charge is -2.67. The molecule has 0 amide bonds. The Morgan fingerprint density at radius 2 is 1.92 bits per heavy atom. The predicted octanol–water partition coefficient (Wildman–Crippen LogP) is 2.85. The first kappa shape index (κ1) is 16.6. The van der Waals surface area contributed by atoms with Crippen molar-refractivity contribution in [1.29, 1.82) is 0 Å². The minimum absolute atomic E-state index is 0.131. The third kappa shape index (κ3) is 1.75. The Kier molecular flexibility index (Phi) is 3.37. The zero-order valence-corrected chi connectivity index (χ0v) is 15.1. The van der Waals surface area contributed by atoms with Crippen LogP contribution in [0.5, 0.6) is 0 Å². The summed E-state index contributed by atoms with van der Waals surface area (Å²) in [7, 11) is 0. The molecule has 4 heteroatoms. The number of aliphatic hydroxyl groups excluding tert-OH is 2. The Balaban J connectivity index is 1.85. The number of aliphatic hydroxyl groups is 3. The third-order valence-corrected chi connectivity index (χ3v) is 8.27. The first-order chi connectivity index (χ1) is 11.1. The van der Waals surface area contributed by atoms with Gasteiger partial charge in [-0.25, -0.2) is 0 Å². The Morgan fingerprint density at radius 3 is 2.62 bits per heavy atom. The summed E-state index contributed by atoms with van der Waals surface area (Å²) in [5.41, 5.74) is -0.849. The highest BCUT2D eigenvalue weighted by Crippen LogP contribution is 2.66. The maximum atomic E-state index is 11.8. The monoisotopic (exact) mass is 334 g/mol. The van der Waals surface area contributed by atoms with E-state index in [1.165, 1.54) is 5.56 Å². The van der Waals surface area contributed by atoms with Crippen molar-refractivity contribution in [2.24, 2.45) is 22.7 Å². The largest absolute Gasteiger partial charge is 0.469 e. The van der Waals surface area contributed by atoms with Gasteiger partial charge in [0, 0.05) is 23.7 Å². The normalized spacial score (nSPS) is 49.9. The fourth-order valence-corrected chi connectivity index (χ4v) is 6.51. The molecule has 7 unspecified atom stereocenters. The Hall–Kier alpha value is -0.840. The Bertz CT molecular complexity index is 650. The van der Waals surface area contributed by atoms with Gasteiger partial charge in [0.05, 0.1) is 24.1 Å². The van der Waals surface area contributed by atoms with Crippen LogP contribution in [0.1, 0.15) is 64.2 Å². The van der Waals surface area contributed by atoms with E-state index in [4.69, 9.17) is 4.42 Å². The molecule has 1 aromatic heterocycles. The van der Waals surface area contributed by atoms with Gasteiger partial charge in [0.25, 0.3) is 0 Å². The van der Waals surface area contributed by atoms with Crippen molar-refractivity contribution in [3.05, 3.63) is 23.7 Å². The molecular formula is C20H30O4. The summed E-state index contributed by atoms with van der Waals surface area (Å²) in [6.45, 7) is 8.25. The van der Waals surface area contributed by atoms with Gasteiger partial charge < -0.3 is 19.7 Å². The van der Waals surface area contributed by atoms with Gasteiger partial charge in [-0.2, -0.15) is 0 Å². The van der Waals surface area contributed by atoms with E-state index in [2.05, 4.69) is 13.8 Å². The molecule has 7 atom stereocenters. The molecule has 2 saturated carbocycles. The molecule has 4 nitrogen and oxygen atoms in total. The first-order valence-electron chi connectivity index (χ1n) is 9.28. The van der Waals surface area contributed by atoms with E-state index < -0.39 is 23.2 Å². The minimum Gasteiger partial charge on any atom is -0.469 e. The van der Waals surface area contributed by atoms with Gasteiger partial charge in [-0.3, -0.25) is 0 Å². The molecule has 0 radical (unpaired) electrons. The van der Waals surface area contributed by atoms with Gasteiger partial charge in [-0.15, -0.1) is 0 Å². The van der Waals surface area contributed by atoms with E-state index in [0.29, 0.717) is 12.8 Å². The molecule has 2 fully saturated rings. The summed E-state index contributed by atoms with van der Waals surface area (Å²) in [4.78, 5) is 0. The summed E-state index contributed by atoms with van der Waals surface area (Å²) in [5.74, 6) is 1.52. The smallest absolute Gasteiger partial charge is 0.107 e. The molecule has 4 rings (SSSR count). The van der Waals surface area contributed by atoms with Crippen LogP contribution in [-0.2, 0) is 6.42 Å². The number of furan rings is 1. The van der Waals surface area contributed by atoms with Gasteiger partial charge in [0.1, 0.15) is 5.76 Å². The van der Waals surface area contributed by atoms with E-state index in [0.717, 1.165) is 18.6 Å². The van der Waals surface area contributed by atoms with Crippen LogP contribution in [0.15, 0.2) is 16.7 Å². The molecule has 0 aliphatic heterocycles. The van der Waals surface area contributed by atoms with Gasteiger partial charge >= 0.3 is 0 Å². The molecule has 0 spiro atoms. The lowest BCUT2D eigenvalue weighted by Crippen LogP contribution is -2.72. The summed E-state index contributed by atoms with van der Waals surface area (Å²) in [5, 5.41) is 33.3. The van der Waals surface area contributed by atoms with E-state index >= 15 is 0 Å². The van der Waals surface area contributed by atoms with Gasteiger partial charge in [-0.1, -0.05) is 27.7 Å². The van der Waals surface area contributed by atoms with Crippen LogP contribution in [0.3, 0.4) is 0 Å². The zero-order chi connectivity index (χ0) is 17.5. The maximum absolute atomic E-state index is 11.8. The third-order valence-electron chi connectivity index (χ3n) is 8.27. The summed E-state index contributed by atoms with van der Waals surface area (Å²) in [6, 6.07) is 2.03. The van der Waals surface area contributed by atoms with Gasteiger partial charge in [0.15, 0.2) is 0 Å². The number of hydrogen-bond acceptors (Lipinski definition) is 4. The second kappa shape index (κ2) is 4.87. The Morgan fingerprint density at radius 1 is 1.21 bits per heavy atom. The fraction of sp³-hybridized carbons (Fsp3) is 0.800. The molecule has 0 saturated heterocycles. The summed E-state index contributed by atoms with van der Waals surface area (Å²) < 4.78 is 5.73. The molecule has 3 aliphatic rings. The molecule has 0 aromatic carbocycles. The Labute approximate surface area is 143 Å². The van der Waals surface area contributed by atoms with E-state index in [-0.39, 0.29) is 23.2 Å². The first-order valence-corrected chi connectivity index (χ1v) is 9.28. The lowest BCUT2D eigenvalue weighted by molar-refractivity contribution is -0.286. The number of fused-ring (bicyclic) bond motifs is 4. The van der Waals surface area contributed by atoms with Crippen LogP contribution >= 0.6 is 0 Å². The van der Waals surface area contributed by atoms with Gasteiger partial charge in [0.2, 0.25) is 0 Å². The van der Waals surface area contributed by atoms with E-state index in [9.17, 15) is 15.3 Å². The van der Waals surface area contributed by atoms with E-state index in [1.54, 1.807) is 6.26 Å². The van der Waals surface area contributed by atoms with E-state index in [1.807, 2.05) is 19.9 Å². The topological polar surface area (TPSA) is 73.8 Å². The molecule has 1 heterocycles. The van der Waals surface area contributed by atoms with Gasteiger partial charge in [-0.05, 0) is 42.2 Å². The second-order valence-electron chi connectivity index (χ2n) is 9.30. The van der Waals surface area contributed by atoms with Crippen LogP contribution in [0.2, 0.25) is 0 Å². The molecule has 0 bridgehead atoms. The second-order valence-corrected chi connectivity index (χ2v) is 9.30. The highest BCUT2D eigenvalue weighted by atomic mass is 16.3. The lowest BCUT2D eigenvalue weighted by atomic mass is 9.40. The van der Waals surface area contributed by atoms with Crippen molar-refractivity contribution >= 4 is 0 Å². The maximum Gasteiger partial charge on any atom is 0.107 e. The molecular weight excluding hydrogens is 304 g/mol. The predicted molar refractivity (Wildman–Crippen MR) is 90.5 cm³/mol. The van der Waals surface area contributed by atoms with Crippen LogP contribution in [0.25, 0.3) is 0 Å². The van der Waals surface area contributed by atoms with Crippen molar-refractivity contribution in [3.63, 3.8) is 0 Å². The molecule has 1 aromatic rings. The SMILES string of the molecule is CC1c2ccoc2CC2C1C(O)CC1(O)C(C)(C)C(O)CCC21C. The minimum atomic E-state index is -1.08. The van der Waals surface area contributed by atoms with Crippen LogP contribution in [-0.4, -0.2) is 33.1 Å². The van der Waals surface area contributed by atoms with Crippen LogP contribution in [0.4, 0.5) is 0 Å². The van der Waals surface area contributed by atoms with Crippen molar-refractivity contribution < 1.29 is 19.7 Å². The molecule has 24 heavy (non-hydrogen) atoms. The average Bonchev–Trinajstić information content (AvgIpc) is 2.98. The standard InChI is InChI=1S/C20H30O4/c1-11-12-6-8-24-15(12)9-13-17(11)14(21)10-20(23)18(2,3)16(22)5-7-19(13,20)4/h6,8,11,13-14,16-17,21-23H,5,7,9-10H2,1-4H3. The van der Waals surface area contributed by atoms with Crippen LogP contribution in [0, 0.1) is 22.7 Å². The summed E-state index contributed by atoms with van der Waals surface area (Å²) in [6.07, 6.45) is 3.23. The highest BCUT2D eigenvalue weighted by molar-refractivity contribution is 5.31. The average molecular weight is 334 g/mol. The molecule has 134 valence electrons. The quantitative estimate of drug-likeness (QED) is 0.682. The fourth-order valence-electron chi connectivity index (χ4n) is 6.51. The number of rotatable bonds is 0.